The van der Waals surface area contributed by atoms with E-state index in [0.717, 1.165) is 0 Å². The molecule has 1 amide bonds. The summed E-state index contributed by atoms with van der Waals surface area (Å²) in [6, 6.07) is 0.194. The van der Waals surface area contributed by atoms with Crippen molar-refractivity contribution in [3.63, 3.8) is 0 Å². The van der Waals surface area contributed by atoms with Crippen molar-refractivity contribution in [2.24, 2.45) is 0 Å². The van der Waals surface area contributed by atoms with Crippen LogP contribution in [0.3, 0.4) is 0 Å². The summed E-state index contributed by atoms with van der Waals surface area (Å²) in [6.07, 6.45) is 0.725. The van der Waals surface area contributed by atoms with Gasteiger partial charge in [0.05, 0.1) is 6.54 Å². The number of likely N-dealkylation sites (N-methyl/N-ethyl adjacent to an activating group) is 2. The van der Waals surface area contributed by atoms with Crippen LogP contribution in [0.15, 0.2) is 0 Å². The smallest absolute Gasteiger partial charge is 0.303 e. The van der Waals surface area contributed by atoms with Gasteiger partial charge in [0.2, 0.25) is 5.91 Å². The van der Waals surface area contributed by atoms with Gasteiger partial charge >= 0.3 is 5.97 Å². The van der Waals surface area contributed by atoms with E-state index in [0.29, 0.717) is 19.5 Å². The number of hydrogen-bond donors (Lipinski definition) is 1. The van der Waals surface area contributed by atoms with Gasteiger partial charge in [-0.3, -0.25) is 14.5 Å². The third-order valence-electron chi connectivity index (χ3n) is 2.50. The number of aliphatic carboxylic acids is 1. The van der Waals surface area contributed by atoms with Gasteiger partial charge in [-0.05, 0) is 33.9 Å². The van der Waals surface area contributed by atoms with Gasteiger partial charge in [0.15, 0.2) is 0 Å². The normalized spacial score (nSPS) is 10.9. The first-order valence-corrected chi connectivity index (χ1v) is 5.50. The van der Waals surface area contributed by atoms with Crippen molar-refractivity contribution in [3.05, 3.63) is 0 Å². The van der Waals surface area contributed by atoms with E-state index in [1.165, 1.54) is 0 Å². The first-order chi connectivity index (χ1) is 7.34. The van der Waals surface area contributed by atoms with Crippen LogP contribution in [0.25, 0.3) is 0 Å². The molecular formula is C11H22N2O3. The highest BCUT2D eigenvalue weighted by atomic mass is 16.4. The molecule has 0 atom stereocenters. The van der Waals surface area contributed by atoms with E-state index < -0.39 is 5.97 Å². The number of carbonyl (C=O) groups excluding carboxylic acids is 1. The molecule has 0 aliphatic rings. The average Bonchev–Trinajstić information content (AvgIpc) is 2.15. The Hall–Kier alpha value is -1.10. The van der Waals surface area contributed by atoms with Crippen molar-refractivity contribution in [1.29, 1.82) is 0 Å². The van der Waals surface area contributed by atoms with E-state index in [2.05, 4.69) is 0 Å². The van der Waals surface area contributed by atoms with Gasteiger partial charge in [-0.1, -0.05) is 0 Å². The SMILES string of the molecule is CC(C)N(C)C(=O)CN(C)CCCC(=O)O. The molecular weight excluding hydrogens is 208 g/mol. The summed E-state index contributed by atoms with van der Waals surface area (Å²) in [5.41, 5.74) is 0. The van der Waals surface area contributed by atoms with Crippen molar-refractivity contribution in [1.82, 2.24) is 9.80 Å². The summed E-state index contributed by atoms with van der Waals surface area (Å²) < 4.78 is 0. The monoisotopic (exact) mass is 230 g/mol. The van der Waals surface area contributed by atoms with Crippen LogP contribution in [0.4, 0.5) is 0 Å². The highest BCUT2D eigenvalue weighted by Crippen LogP contribution is 1.98. The molecule has 0 aliphatic heterocycles. The molecule has 0 bridgehead atoms. The fourth-order valence-corrected chi connectivity index (χ4v) is 1.21. The van der Waals surface area contributed by atoms with Crippen molar-refractivity contribution in [3.8, 4) is 0 Å². The van der Waals surface area contributed by atoms with Gasteiger partial charge in [0, 0.05) is 19.5 Å². The van der Waals surface area contributed by atoms with Crippen LogP contribution >= 0.6 is 0 Å². The maximum Gasteiger partial charge on any atom is 0.303 e. The molecule has 0 heterocycles. The molecule has 0 radical (unpaired) electrons. The summed E-state index contributed by atoms with van der Waals surface area (Å²) in [7, 11) is 3.60. The highest BCUT2D eigenvalue weighted by molar-refractivity contribution is 5.78. The van der Waals surface area contributed by atoms with Crippen LogP contribution in [0.2, 0.25) is 0 Å². The lowest BCUT2D eigenvalue weighted by Crippen LogP contribution is -2.40. The molecule has 1 N–H and O–H groups in total. The van der Waals surface area contributed by atoms with Gasteiger partial charge in [-0.25, -0.2) is 0 Å². The lowest BCUT2D eigenvalue weighted by molar-refractivity contribution is -0.137. The molecule has 0 unspecified atom stereocenters. The number of carbonyl (C=O) groups is 2. The Morgan fingerprint density at radius 3 is 2.25 bits per heavy atom. The van der Waals surface area contributed by atoms with E-state index >= 15 is 0 Å². The van der Waals surface area contributed by atoms with E-state index in [1.807, 2.05) is 25.8 Å². The summed E-state index contributed by atoms with van der Waals surface area (Å²) in [4.78, 5) is 25.5. The first kappa shape index (κ1) is 14.9. The van der Waals surface area contributed by atoms with Crippen molar-refractivity contribution >= 4 is 11.9 Å². The Bertz CT molecular complexity index is 241. The van der Waals surface area contributed by atoms with Crippen molar-refractivity contribution in [2.75, 3.05) is 27.2 Å². The van der Waals surface area contributed by atoms with Crippen LogP contribution in [0, 0.1) is 0 Å². The molecule has 5 heteroatoms. The molecule has 0 saturated heterocycles. The molecule has 94 valence electrons. The van der Waals surface area contributed by atoms with Crippen LogP contribution < -0.4 is 0 Å². The second-order valence-corrected chi connectivity index (χ2v) is 4.33. The molecule has 0 aromatic heterocycles. The molecule has 5 nitrogen and oxygen atoms in total. The number of carboxylic acid groups (broad SMARTS) is 1. The van der Waals surface area contributed by atoms with E-state index in [-0.39, 0.29) is 18.4 Å². The fourth-order valence-electron chi connectivity index (χ4n) is 1.21. The number of rotatable bonds is 7. The Labute approximate surface area is 97.0 Å². The lowest BCUT2D eigenvalue weighted by Gasteiger charge is -2.24. The Balaban J connectivity index is 3.82. The summed E-state index contributed by atoms with van der Waals surface area (Å²) in [5.74, 6) is -0.730. The first-order valence-electron chi connectivity index (χ1n) is 5.50. The van der Waals surface area contributed by atoms with E-state index in [1.54, 1.807) is 11.9 Å². The number of nitrogens with zero attached hydrogens (tertiary/aromatic N) is 2. The second-order valence-electron chi connectivity index (χ2n) is 4.33. The van der Waals surface area contributed by atoms with Gasteiger partial charge < -0.3 is 10.0 Å². The summed E-state index contributed by atoms with van der Waals surface area (Å²) in [5, 5.41) is 8.48. The van der Waals surface area contributed by atoms with Crippen LogP contribution in [-0.4, -0.2) is 60.0 Å². The maximum atomic E-state index is 11.7. The molecule has 0 saturated carbocycles. The predicted octanol–water partition coefficient (Wildman–Crippen LogP) is 0.650. The summed E-state index contributed by atoms with van der Waals surface area (Å²) in [6.45, 7) is 4.89. The molecule has 0 aromatic rings. The molecule has 16 heavy (non-hydrogen) atoms. The van der Waals surface area contributed by atoms with Crippen LogP contribution in [0.1, 0.15) is 26.7 Å². The minimum Gasteiger partial charge on any atom is -0.481 e. The largest absolute Gasteiger partial charge is 0.481 e. The van der Waals surface area contributed by atoms with Gasteiger partial charge in [0.25, 0.3) is 0 Å². The van der Waals surface area contributed by atoms with Gasteiger partial charge in [-0.2, -0.15) is 0 Å². The predicted molar refractivity (Wildman–Crippen MR) is 62.3 cm³/mol. The Morgan fingerprint density at radius 1 is 1.25 bits per heavy atom. The van der Waals surface area contributed by atoms with Crippen molar-refractivity contribution in [2.45, 2.75) is 32.7 Å². The second kappa shape index (κ2) is 7.22. The maximum absolute atomic E-state index is 11.7. The number of amides is 1. The molecule has 0 fully saturated rings. The van der Waals surface area contributed by atoms with Crippen LogP contribution in [0.5, 0.6) is 0 Å². The molecule has 0 spiro atoms. The number of carboxylic acids is 1. The molecule has 0 aliphatic carbocycles. The molecule has 0 aromatic carbocycles. The van der Waals surface area contributed by atoms with Crippen LogP contribution in [-0.2, 0) is 9.59 Å². The quantitative estimate of drug-likeness (QED) is 0.697. The Morgan fingerprint density at radius 2 is 1.81 bits per heavy atom. The van der Waals surface area contributed by atoms with E-state index in [9.17, 15) is 9.59 Å². The van der Waals surface area contributed by atoms with Gasteiger partial charge in [0.1, 0.15) is 0 Å². The minimum absolute atomic E-state index is 0.0628. The average molecular weight is 230 g/mol. The zero-order chi connectivity index (χ0) is 12.7. The van der Waals surface area contributed by atoms with Crippen molar-refractivity contribution < 1.29 is 14.7 Å². The third kappa shape index (κ3) is 6.40. The van der Waals surface area contributed by atoms with Gasteiger partial charge in [-0.15, -0.1) is 0 Å². The minimum atomic E-state index is -0.793. The standard InChI is InChI=1S/C11H22N2O3/c1-9(2)13(4)10(14)8-12(3)7-5-6-11(15)16/h9H,5-8H2,1-4H3,(H,15,16). The highest BCUT2D eigenvalue weighted by Gasteiger charge is 2.13. The molecule has 0 rings (SSSR count). The fraction of sp³-hybridized carbons (Fsp3) is 0.818. The Kier molecular flexibility index (Phi) is 6.72. The number of hydrogen-bond acceptors (Lipinski definition) is 3. The topological polar surface area (TPSA) is 60.9 Å². The zero-order valence-corrected chi connectivity index (χ0v) is 10.6. The third-order valence-corrected chi connectivity index (χ3v) is 2.50. The van der Waals surface area contributed by atoms with E-state index in [4.69, 9.17) is 5.11 Å². The zero-order valence-electron chi connectivity index (χ0n) is 10.6. The summed E-state index contributed by atoms with van der Waals surface area (Å²) >= 11 is 0. The lowest BCUT2D eigenvalue weighted by atomic mass is 10.3.